The summed E-state index contributed by atoms with van der Waals surface area (Å²) in [5.41, 5.74) is 0. The van der Waals surface area contributed by atoms with Gasteiger partial charge in [-0.25, -0.2) is 0 Å². The van der Waals surface area contributed by atoms with Crippen molar-refractivity contribution in [3.05, 3.63) is 0 Å². The van der Waals surface area contributed by atoms with Crippen molar-refractivity contribution in [3.8, 4) is 0 Å². The second-order valence-corrected chi connectivity index (χ2v) is 7.43. The first-order valence-corrected chi connectivity index (χ1v) is 9.17. The predicted octanol–water partition coefficient (Wildman–Crippen LogP) is 4.28. The highest BCUT2D eigenvalue weighted by Gasteiger charge is 2.36. The molecule has 1 N–H and O–H groups in total. The van der Waals surface area contributed by atoms with Crippen molar-refractivity contribution in [2.75, 3.05) is 7.11 Å². The number of rotatable bonds is 4. The Balaban J connectivity index is 1.59. The van der Waals surface area contributed by atoms with Gasteiger partial charge in [-0.2, -0.15) is 0 Å². The summed E-state index contributed by atoms with van der Waals surface area (Å²) in [6.45, 7) is 0. The first kappa shape index (κ1) is 14.8. The summed E-state index contributed by atoms with van der Waals surface area (Å²) in [7, 11) is 1.89. The average Bonchev–Trinajstić information content (AvgIpc) is 2.96. The molecular weight excluding hydrogens is 246 g/mol. The lowest BCUT2D eigenvalue weighted by atomic mass is 9.70. The fraction of sp³-hybridized carbons (Fsp3) is 1.00. The lowest BCUT2D eigenvalue weighted by Crippen LogP contribution is -2.49. The zero-order chi connectivity index (χ0) is 13.8. The summed E-state index contributed by atoms with van der Waals surface area (Å²) in [4.78, 5) is 0. The summed E-state index contributed by atoms with van der Waals surface area (Å²) in [5, 5.41) is 4.04. The van der Waals surface area contributed by atoms with Crippen LogP contribution in [0.1, 0.15) is 77.0 Å². The molecule has 0 aromatic rings. The van der Waals surface area contributed by atoms with E-state index >= 15 is 0 Å². The first-order chi connectivity index (χ1) is 9.88. The van der Waals surface area contributed by atoms with E-state index in [-0.39, 0.29) is 0 Å². The van der Waals surface area contributed by atoms with Crippen LogP contribution in [0.15, 0.2) is 0 Å². The third kappa shape index (κ3) is 3.39. The maximum absolute atomic E-state index is 5.68. The molecule has 3 fully saturated rings. The Kier molecular flexibility index (Phi) is 5.39. The van der Waals surface area contributed by atoms with Gasteiger partial charge >= 0.3 is 0 Å². The van der Waals surface area contributed by atoms with Gasteiger partial charge in [-0.3, -0.25) is 0 Å². The molecule has 0 amide bonds. The molecule has 0 saturated heterocycles. The van der Waals surface area contributed by atoms with Crippen LogP contribution in [-0.2, 0) is 4.74 Å². The molecule has 3 saturated carbocycles. The Morgan fingerprint density at radius 2 is 1.40 bits per heavy atom. The monoisotopic (exact) mass is 279 g/mol. The Hall–Kier alpha value is -0.0800. The van der Waals surface area contributed by atoms with Gasteiger partial charge < -0.3 is 10.1 Å². The van der Waals surface area contributed by atoms with E-state index in [9.17, 15) is 0 Å². The van der Waals surface area contributed by atoms with Crippen molar-refractivity contribution in [1.82, 2.24) is 5.32 Å². The Labute approximate surface area is 125 Å². The number of hydrogen-bond donors (Lipinski definition) is 1. The predicted molar refractivity (Wildman–Crippen MR) is 83.9 cm³/mol. The smallest absolute Gasteiger partial charge is 0.0724 e. The van der Waals surface area contributed by atoms with Crippen molar-refractivity contribution < 1.29 is 4.74 Å². The van der Waals surface area contributed by atoms with E-state index in [0.29, 0.717) is 12.1 Å². The molecule has 3 rings (SSSR count). The van der Waals surface area contributed by atoms with Crippen molar-refractivity contribution in [3.63, 3.8) is 0 Å². The van der Waals surface area contributed by atoms with Crippen molar-refractivity contribution >= 4 is 0 Å². The molecule has 0 aromatic carbocycles. The SMILES string of the molecule is COC1CCCC1NC1CCCCC1C1CCCCC1. The standard InChI is InChI=1S/C18H33NO/c1-20-18-13-7-12-17(18)19-16-11-6-5-10-15(16)14-8-3-2-4-9-14/h14-19H,2-13H2,1H3. The highest BCUT2D eigenvalue weighted by atomic mass is 16.5. The summed E-state index contributed by atoms with van der Waals surface area (Å²) >= 11 is 0. The van der Waals surface area contributed by atoms with Crippen LogP contribution in [-0.4, -0.2) is 25.3 Å². The maximum Gasteiger partial charge on any atom is 0.0724 e. The van der Waals surface area contributed by atoms with Gasteiger partial charge in [-0.15, -0.1) is 0 Å². The average molecular weight is 279 g/mol. The van der Waals surface area contributed by atoms with E-state index in [1.807, 2.05) is 7.11 Å². The summed E-state index contributed by atoms with van der Waals surface area (Å²) in [6, 6.07) is 1.42. The normalized spacial score (nSPS) is 40.0. The molecule has 2 heteroatoms. The molecule has 0 bridgehead atoms. The van der Waals surface area contributed by atoms with Crippen LogP contribution in [0.3, 0.4) is 0 Å². The van der Waals surface area contributed by atoms with Gasteiger partial charge in [0.1, 0.15) is 0 Å². The van der Waals surface area contributed by atoms with Crippen molar-refractivity contribution in [2.45, 2.75) is 95.2 Å². The van der Waals surface area contributed by atoms with Gasteiger partial charge in [0.05, 0.1) is 6.10 Å². The first-order valence-electron chi connectivity index (χ1n) is 9.17. The van der Waals surface area contributed by atoms with E-state index in [0.717, 1.165) is 17.9 Å². The Morgan fingerprint density at radius 3 is 2.20 bits per heavy atom. The van der Waals surface area contributed by atoms with Crippen molar-refractivity contribution in [1.29, 1.82) is 0 Å². The third-order valence-corrected chi connectivity index (χ3v) is 6.26. The number of nitrogens with one attached hydrogen (secondary N) is 1. The van der Waals surface area contributed by atoms with Crippen LogP contribution in [0.25, 0.3) is 0 Å². The fourth-order valence-electron chi connectivity index (χ4n) is 5.17. The second kappa shape index (κ2) is 7.26. The van der Waals surface area contributed by atoms with Gasteiger partial charge in [0, 0.05) is 19.2 Å². The van der Waals surface area contributed by atoms with Gasteiger partial charge in [-0.05, 0) is 43.9 Å². The molecule has 0 radical (unpaired) electrons. The largest absolute Gasteiger partial charge is 0.380 e. The molecule has 2 nitrogen and oxygen atoms in total. The van der Waals surface area contributed by atoms with Crippen LogP contribution in [0.5, 0.6) is 0 Å². The molecule has 3 aliphatic rings. The van der Waals surface area contributed by atoms with E-state index in [2.05, 4.69) is 5.32 Å². The van der Waals surface area contributed by atoms with Gasteiger partial charge in [-0.1, -0.05) is 44.9 Å². The van der Waals surface area contributed by atoms with Gasteiger partial charge in [0.15, 0.2) is 0 Å². The zero-order valence-electron chi connectivity index (χ0n) is 13.3. The van der Waals surface area contributed by atoms with Crippen LogP contribution in [0, 0.1) is 11.8 Å². The molecule has 0 spiro atoms. The van der Waals surface area contributed by atoms with Crippen LogP contribution < -0.4 is 5.32 Å². The maximum atomic E-state index is 5.68. The van der Waals surface area contributed by atoms with E-state index in [1.165, 1.54) is 77.0 Å². The summed E-state index contributed by atoms with van der Waals surface area (Å²) in [5.74, 6) is 1.98. The third-order valence-electron chi connectivity index (χ3n) is 6.26. The lowest BCUT2D eigenvalue weighted by molar-refractivity contribution is 0.0657. The Bertz CT molecular complexity index is 287. The molecule has 0 heterocycles. The Morgan fingerprint density at radius 1 is 0.700 bits per heavy atom. The minimum absolute atomic E-state index is 0.476. The van der Waals surface area contributed by atoms with E-state index < -0.39 is 0 Å². The van der Waals surface area contributed by atoms with Crippen LogP contribution in [0.2, 0.25) is 0 Å². The molecule has 4 unspecified atom stereocenters. The quantitative estimate of drug-likeness (QED) is 0.829. The highest BCUT2D eigenvalue weighted by Crippen LogP contribution is 2.39. The number of methoxy groups -OCH3 is 1. The van der Waals surface area contributed by atoms with Gasteiger partial charge in [0.25, 0.3) is 0 Å². The highest BCUT2D eigenvalue weighted by molar-refractivity contribution is 4.92. The zero-order valence-corrected chi connectivity index (χ0v) is 13.3. The van der Waals surface area contributed by atoms with E-state index in [4.69, 9.17) is 4.74 Å². The molecule has 0 aromatic heterocycles. The van der Waals surface area contributed by atoms with Crippen molar-refractivity contribution in [2.24, 2.45) is 11.8 Å². The van der Waals surface area contributed by atoms with E-state index in [1.54, 1.807) is 0 Å². The molecule has 3 aliphatic carbocycles. The summed E-state index contributed by atoms with van der Waals surface area (Å²) < 4.78 is 5.68. The number of ether oxygens (including phenoxy) is 1. The number of hydrogen-bond acceptors (Lipinski definition) is 2. The molecule has 4 atom stereocenters. The summed E-state index contributed by atoms with van der Waals surface area (Å²) in [6.07, 6.45) is 17.7. The van der Waals surface area contributed by atoms with Gasteiger partial charge in [0.2, 0.25) is 0 Å². The molecule has 116 valence electrons. The van der Waals surface area contributed by atoms with Crippen LogP contribution >= 0.6 is 0 Å². The molecular formula is C18H33NO. The molecule has 0 aliphatic heterocycles. The van der Waals surface area contributed by atoms with Crippen LogP contribution in [0.4, 0.5) is 0 Å². The fourth-order valence-corrected chi connectivity index (χ4v) is 5.17. The topological polar surface area (TPSA) is 21.3 Å². The molecule has 20 heavy (non-hydrogen) atoms. The minimum atomic E-state index is 0.476. The minimum Gasteiger partial charge on any atom is -0.380 e. The second-order valence-electron chi connectivity index (χ2n) is 7.43. The lowest BCUT2D eigenvalue weighted by Gasteiger charge is -2.41.